The molecule has 0 N–H and O–H groups in total. The van der Waals surface area contributed by atoms with Gasteiger partial charge in [-0.15, -0.1) is 0 Å². The number of hydrogen-bond donors (Lipinski definition) is 0. The Morgan fingerprint density at radius 3 is 2.47 bits per heavy atom. The van der Waals surface area contributed by atoms with Crippen LogP contribution < -0.4 is 0 Å². The van der Waals surface area contributed by atoms with Gasteiger partial charge in [0.2, 0.25) is 0 Å². The van der Waals surface area contributed by atoms with E-state index in [1.165, 1.54) is 0 Å². The Balaban J connectivity index is 2.37. The van der Waals surface area contributed by atoms with Crippen LogP contribution in [0.1, 0.15) is 5.56 Å². The molecule has 80 valence electrons. The summed E-state index contributed by atoms with van der Waals surface area (Å²) in [5, 5.41) is 0. The maximum Gasteiger partial charge on any atom is 0.285 e. The lowest BCUT2D eigenvalue weighted by atomic mass is 9.96. The maximum atomic E-state index is 13.7. The summed E-state index contributed by atoms with van der Waals surface area (Å²) in [6.45, 7) is 0.382. The quantitative estimate of drug-likeness (QED) is 0.687. The number of halogens is 2. The van der Waals surface area contributed by atoms with Gasteiger partial charge in [-0.25, -0.2) is 0 Å². The van der Waals surface area contributed by atoms with Gasteiger partial charge in [0.05, 0.1) is 6.54 Å². The lowest BCUT2D eigenvalue weighted by molar-refractivity contribution is 0.0275. The van der Waals surface area contributed by atoms with Crippen molar-refractivity contribution in [1.82, 2.24) is 4.90 Å². The van der Waals surface area contributed by atoms with E-state index in [0.717, 1.165) is 0 Å². The molecular formula is C12H13F2N. The molecule has 0 unspecified atom stereocenters. The Hall–Kier alpha value is -1.22. The highest BCUT2D eigenvalue weighted by molar-refractivity contribution is 5.71. The van der Waals surface area contributed by atoms with Crippen LogP contribution in [0.2, 0.25) is 0 Å². The van der Waals surface area contributed by atoms with Crippen LogP contribution in [0.15, 0.2) is 36.4 Å². The topological polar surface area (TPSA) is 3.24 Å². The molecule has 1 aromatic carbocycles. The molecule has 0 aliphatic carbocycles. The maximum absolute atomic E-state index is 13.7. The smallest absolute Gasteiger partial charge is 0.285 e. The van der Waals surface area contributed by atoms with Crippen molar-refractivity contribution in [3.63, 3.8) is 0 Å². The molecular weight excluding hydrogens is 196 g/mol. The molecule has 0 radical (unpaired) electrons. The van der Waals surface area contributed by atoms with E-state index in [0.29, 0.717) is 12.1 Å². The van der Waals surface area contributed by atoms with Crippen molar-refractivity contribution in [2.24, 2.45) is 0 Å². The third-order valence-electron chi connectivity index (χ3n) is 2.55. The molecule has 1 nitrogen and oxygen atoms in total. The summed E-state index contributed by atoms with van der Waals surface area (Å²) >= 11 is 0. The van der Waals surface area contributed by atoms with Crippen LogP contribution in [0.5, 0.6) is 0 Å². The molecule has 0 saturated heterocycles. The normalized spacial score (nSPS) is 21.1. The van der Waals surface area contributed by atoms with Crippen molar-refractivity contribution >= 4 is 5.57 Å². The average Bonchev–Trinajstić information content (AvgIpc) is 2.17. The summed E-state index contributed by atoms with van der Waals surface area (Å²) in [5.41, 5.74) is 0.775. The van der Waals surface area contributed by atoms with Crippen molar-refractivity contribution in [2.75, 3.05) is 20.1 Å². The second-order valence-electron chi connectivity index (χ2n) is 3.89. The molecule has 0 aromatic heterocycles. The Kier molecular flexibility index (Phi) is 2.57. The van der Waals surface area contributed by atoms with Gasteiger partial charge in [0.25, 0.3) is 5.92 Å². The summed E-state index contributed by atoms with van der Waals surface area (Å²) in [4.78, 5) is 1.62. The Morgan fingerprint density at radius 1 is 1.20 bits per heavy atom. The SMILES string of the molecule is CN1CC=C(c2ccccc2)C(F)(F)C1. The lowest BCUT2D eigenvalue weighted by Crippen LogP contribution is -2.39. The first-order valence-electron chi connectivity index (χ1n) is 4.92. The van der Waals surface area contributed by atoms with E-state index in [9.17, 15) is 8.78 Å². The van der Waals surface area contributed by atoms with Gasteiger partial charge < -0.3 is 0 Å². The number of likely N-dealkylation sites (N-methyl/N-ethyl adjacent to an activating group) is 1. The summed E-state index contributed by atoms with van der Waals surface area (Å²) in [7, 11) is 1.70. The van der Waals surface area contributed by atoms with Gasteiger partial charge in [-0.05, 0) is 12.6 Å². The van der Waals surface area contributed by atoms with E-state index < -0.39 is 5.92 Å². The molecule has 1 aliphatic heterocycles. The number of alkyl halides is 2. The van der Waals surface area contributed by atoms with Gasteiger partial charge in [-0.3, -0.25) is 4.90 Å². The Labute approximate surface area is 88.0 Å². The fourth-order valence-corrected chi connectivity index (χ4v) is 1.83. The molecule has 1 aliphatic rings. The predicted molar refractivity (Wildman–Crippen MR) is 56.9 cm³/mol. The van der Waals surface area contributed by atoms with E-state index in [-0.39, 0.29) is 12.1 Å². The van der Waals surface area contributed by atoms with Crippen LogP contribution in [-0.4, -0.2) is 31.0 Å². The molecule has 0 fully saturated rings. The molecule has 0 atom stereocenters. The number of nitrogens with zero attached hydrogens (tertiary/aromatic N) is 1. The molecule has 3 heteroatoms. The monoisotopic (exact) mass is 209 g/mol. The largest absolute Gasteiger partial charge is 0.297 e. The Morgan fingerprint density at radius 2 is 1.87 bits per heavy atom. The number of rotatable bonds is 1. The summed E-state index contributed by atoms with van der Waals surface area (Å²) < 4.78 is 27.4. The van der Waals surface area contributed by atoms with Gasteiger partial charge >= 0.3 is 0 Å². The van der Waals surface area contributed by atoms with Gasteiger partial charge in [0.15, 0.2) is 0 Å². The van der Waals surface area contributed by atoms with Gasteiger partial charge in [-0.1, -0.05) is 36.4 Å². The summed E-state index contributed by atoms with van der Waals surface area (Å²) in [6, 6.07) is 8.85. The fraction of sp³-hybridized carbons (Fsp3) is 0.333. The van der Waals surface area contributed by atoms with Gasteiger partial charge in [0, 0.05) is 12.1 Å². The first kappa shape index (κ1) is 10.3. The predicted octanol–water partition coefficient (Wildman–Crippen LogP) is 2.65. The molecule has 0 spiro atoms. The van der Waals surface area contributed by atoms with Crippen LogP contribution in [0.4, 0.5) is 8.78 Å². The minimum atomic E-state index is -2.74. The van der Waals surface area contributed by atoms with E-state index in [1.807, 2.05) is 6.07 Å². The van der Waals surface area contributed by atoms with E-state index in [1.54, 1.807) is 42.3 Å². The standard InChI is InChI=1S/C12H13F2N/c1-15-8-7-11(12(13,14)9-15)10-5-3-2-4-6-10/h2-7H,8-9H2,1H3. The number of benzene rings is 1. The first-order valence-corrected chi connectivity index (χ1v) is 4.92. The Bertz CT molecular complexity index is 370. The molecule has 0 saturated carbocycles. The van der Waals surface area contributed by atoms with Crippen molar-refractivity contribution < 1.29 is 8.78 Å². The van der Waals surface area contributed by atoms with Crippen molar-refractivity contribution in [1.29, 1.82) is 0 Å². The second kappa shape index (κ2) is 3.74. The molecule has 0 amide bonds. The van der Waals surface area contributed by atoms with E-state index >= 15 is 0 Å². The molecule has 0 bridgehead atoms. The minimum absolute atomic E-state index is 0.154. The molecule has 2 rings (SSSR count). The second-order valence-corrected chi connectivity index (χ2v) is 3.89. The van der Waals surface area contributed by atoms with Crippen LogP contribution in [0.25, 0.3) is 5.57 Å². The lowest BCUT2D eigenvalue weighted by Gasteiger charge is -2.30. The van der Waals surface area contributed by atoms with Crippen molar-refractivity contribution in [2.45, 2.75) is 5.92 Å². The van der Waals surface area contributed by atoms with Gasteiger partial charge in [-0.2, -0.15) is 8.78 Å². The van der Waals surface area contributed by atoms with Crippen LogP contribution in [0.3, 0.4) is 0 Å². The molecule has 1 aromatic rings. The summed E-state index contributed by atoms with van der Waals surface area (Å²) in [5.74, 6) is -2.74. The third-order valence-corrected chi connectivity index (χ3v) is 2.55. The third kappa shape index (κ3) is 2.07. The zero-order valence-corrected chi connectivity index (χ0v) is 8.58. The van der Waals surface area contributed by atoms with Gasteiger partial charge in [0.1, 0.15) is 0 Å². The minimum Gasteiger partial charge on any atom is -0.297 e. The van der Waals surface area contributed by atoms with Crippen molar-refractivity contribution in [3.05, 3.63) is 42.0 Å². The highest BCUT2D eigenvalue weighted by Crippen LogP contribution is 2.35. The zero-order chi connectivity index (χ0) is 10.9. The average molecular weight is 209 g/mol. The van der Waals surface area contributed by atoms with Crippen LogP contribution in [-0.2, 0) is 0 Å². The molecule has 1 heterocycles. The van der Waals surface area contributed by atoms with E-state index in [2.05, 4.69) is 0 Å². The van der Waals surface area contributed by atoms with Crippen LogP contribution in [0, 0.1) is 0 Å². The van der Waals surface area contributed by atoms with E-state index in [4.69, 9.17) is 0 Å². The van der Waals surface area contributed by atoms with Crippen molar-refractivity contribution in [3.8, 4) is 0 Å². The number of hydrogen-bond acceptors (Lipinski definition) is 1. The fourth-order valence-electron chi connectivity index (χ4n) is 1.83. The first-order chi connectivity index (χ1) is 7.09. The highest BCUT2D eigenvalue weighted by atomic mass is 19.3. The highest BCUT2D eigenvalue weighted by Gasteiger charge is 2.38. The van der Waals surface area contributed by atoms with Crippen LogP contribution >= 0.6 is 0 Å². The zero-order valence-electron chi connectivity index (χ0n) is 8.58. The summed E-state index contributed by atoms with van der Waals surface area (Å²) in [6.07, 6.45) is 1.61. The molecule has 15 heavy (non-hydrogen) atoms.